The third-order valence-electron chi connectivity index (χ3n) is 3.43. The molecule has 0 radical (unpaired) electrons. The number of carbonyl (C=O) groups is 1. The minimum absolute atomic E-state index is 0.122. The Morgan fingerprint density at radius 2 is 2.04 bits per heavy atom. The number of sulfonamides is 1. The molecule has 23 heavy (non-hydrogen) atoms. The Labute approximate surface area is 134 Å². The smallest absolute Gasteiger partial charge is 0.243 e. The normalized spacial score (nSPS) is 13.1. The fourth-order valence-electron chi connectivity index (χ4n) is 2.03. The first-order chi connectivity index (χ1) is 10.7. The van der Waals surface area contributed by atoms with E-state index in [0.717, 1.165) is 22.5 Å². The molecular weight excluding hydrogens is 323 g/mol. The Kier molecular flexibility index (Phi) is 4.86. The topological polar surface area (TPSA) is 79.6 Å². The van der Waals surface area contributed by atoms with Crippen molar-refractivity contribution in [3.05, 3.63) is 48.2 Å². The molecule has 0 aliphatic carbocycles. The first-order valence-electron chi connectivity index (χ1n) is 6.82. The molecule has 1 aromatic carbocycles. The van der Waals surface area contributed by atoms with Crippen molar-refractivity contribution in [3.8, 4) is 0 Å². The summed E-state index contributed by atoms with van der Waals surface area (Å²) in [5, 5.41) is 2.27. The van der Waals surface area contributed by atoms with Gasteiger partial charge >= 0.3 is 0 Å². The minimum Gasteiger partial charge on any atom is -0.468 e. The average Bonchev–Trinajstić information content (AvgIpc) is 3.01. The monoisotopic (exact) mass is 340 g/mol. The zero-order chi connectivity index (χ0) is 17.2. The van der Waals surface area contributed by atoms with Gasteiger partial charge in [-0.2, -0.15) is 4.31 Å². The molecule has 1 amide bonds. The van der Waals surface area contributed by atoms with Gasteiger partial charge in [-0.3, -0.25) is 4.79 Å². The van der Waals surface area contributed by atoms with Gasteiger partial charge in [-0.25, -0.2) is 12.8 Å². The SMILES string of the molecule is CC(=O)Nc1cc(S(=O)(=O)N(C)[C@H](C)c2ccco2)ccc1F. The highest BCUT2D eigenvalue weighted by Gasteiger charge is 2.28. The maximum atomic E-state index is 13.7. The van der Waals surface area contributed by atoms with E-state index in [1.165, 1.54) is 20.2 Å². The second-order valence-corrected chi connectivity index (χ2v) is 7.03. The van der Waals surface area contributed by atoms with Gasteiger partial charge in [-0.05, 0) is 37.3 Å². The van der Waals surface area contributed by atoms with Crippen LogP contribution >= 0.6 is 0 Å². The number of rotatable bonds is 5. The maximum absolute atomic E-state index is 13.7. The average molecular weight is 340 g/mol. The fraction of sp³-hybridized carbons (Fsp3) is 0.267. The van der Waals surface area contributed by atoms with Crippen LogP contribution in [-0.2, 0) is 14.8 Å². The summed E-state index contributed by atoms with van der Waals surface area (Å²) >= 11 is 0. The second kappa shape index (κ2) is 6.51. The van der Waals surface area contributed by atoms with E-state index in [1.807, 2.05) is 0 Å². The zero-order valence-electron chi connectivity index (χ0n) is 12.9. The highest BCUT2D eigenvalue weighted by atomic mass is 32.2. The number of carbonyl (C=O) groups excluding carboxylic acids is 1. The second-order valence-electron chi connectivity index (χ2n) is 5.04. The summed E-state index contributed by atoms with van der Waals surface area (Å²) in [7, 11) is -2.48. The number of anilines is 1. The van der Waals surface area contributed by atoms with Crippen molar-refractivity contribution in [2.24, 2.45) is 0 Å². The standard InChI is InChI=1S/C15H17FN2O4S/c1-10(15-5-4-8-22-15)18(3)23(20,21)12-6-7-13(16)14(9-12)17-11(2)19/h4-10H,1-3H3,(H,17,19)/t10-/m1/s1. The Morgan fingerprint density at radius 3 is 2.61 bits per heavy atom. The van der Waals surface area contributed by atoms with Crippen LogP contribution in [0.4, 0.5) is 10.1 Å². The number of nitrogens with one attached hydrogen (secondary N) is 1. The fourth-order valence-corrected chi connectivity index (χ4v) is 3.39. The molecule has 124 valence electrons. The van der Waals surface area contributed by atoms with Gasteiger partial charge in [0.15, 0.2) is 0 Å². The Morgan fingerprint density at radius 1 is 1.35 bits per heavy atom. The van der Waals surface area contributed by atoms with E-state index < -0.39 is 27.8 Å². The van der Waals surface area contributed by atoms with E-state index in [4.69, 9.17) is 4.42 Å². The van der Waals surface area contributed by atoms with Gasteiger partial charge in [0, 0.05) is 14.0 Å². The van der Waals surface area contributed by atoms with E-state index >= 15 is 0 Å². The summed E-state index contributed by atoms with van der Waals surface area (Å²) < 4.78 is 45.3. The van der Waals surface area contributed by atoms with Crippen molar-refractivity contribution in [1.29, 1.82) is 0 Å². The van der Waals surface area contributed by atoms with Crippen LogP contribution in [0.5, 0.6) is 0 Å². The van der Waals surface area contributed by atoms with Gasteiger partial charge in [-0.1, -0.05) is 0 Å². The molecule has 1 atom stereocenters. The summed E-state index contributed by atoms with van der Waals surface area (Å²) in [5.41, 5.74) is -0.183. The molecule has 0 unspecified atom stereocenters. The molecule has 0 aliphatic rings. The first-order valence-corrected chi connectivity index (χ1v) is 8.26. The summed E-state index contributed by atoms with van der Waals surface area (Å²) in [6.07, 6.45) is 1.46. The highest BCUT2D eigenvalue weighted by molar-refractivity contribution is 7.89. The molecule has 0 fully saturated rings. The number of halogens is 1. The quantitative estimate of drug-likeness (QED) is 0.907. The van der Waals surface area contributed by atoms with Crippen molar-refractivity contribution < 1.29 is 22.0 Å². The molecular formula is C15H17FN2O4S. The molecule has 0 aliphatic heterocycles. The van der Waals surface area contributed by atoms with Crippen LogP contribution < -0.4 is 5.32 Å². The first kappa shape index (κ1) is 17.2. The molecule has 2 aromatic rings. The van der Waals surface area contributed by atoms with Crippen LogP contribution in [0.2, 0.25) is 0 Å². The molecule has 8 heteroatoms. The van der Waals surface area contributed by atoms with Crippen LogP contribution in [0, 0.1) is 5.82 Å². The van der Waals surface area contributed by atoms with Crippen molar-refractivity contribution in [3.63, 3.8) is 0 Å². The Bertz CT molecular complexity index is 803. The van der Waals surface area contributed by atoms with E-state index in [9.17, 15) is 17.6 Å². The lowest BCUT2D eigenvalue weighted by atomic mass is 10.3. The van der Waals surface area contributed by atoms with Crippen molar-refractivity contribution in [2.75, 3.05) is 12.4 Å². The van der Waals surface area contributed by atoms with Crippen molar-refractivity contribution in [1.82, 2.24) is 4.31 Å². The van der Waals surface area contributed by atoms with Crippen LogP contribution in [0.1, 0.15) is 25.6 Å². The van der Waals surface area contributed by atoms with Crippen LogP contribution in [0.3, 0.4) is 0 Å². The van der Waals surface area contributed by atoms with Crippen LogP contribution in [-0.4, -0.2) is 25.7 Å². The lowest BCUT2D eigenvalue weighted by Gasteiger charge is -2.23. The molecule has 0 saturated carbocycles. The zero-order valence-corrected chi connectivity index (χ0v) is 13.7. The van der Waals surface area contributed by atoms with E-state index in [0.29, 0.717) is 5.76 Å². The van der Waals surface area contributed by atoms with Gasteiger partial charge in [0.05, 0.1) is 22.9 Å². The van der Waals surface area contributed by atoms with Gasteiger partial charge in [-0.15, -0.1) is 0 Å². The maximum Gasteiger partial charge on any atom is 0.243 e. The van der Waals surface area contributed by atoms with Crippen molar-refractivity contribution in [2.45, 2.75) is 24.8 Å². The Hall–Kier alpha value is -2.19. The lowest BCUT2D eigenvalue weighted by molar-refractivity contribution is -0.114. The van der Waals surface area contributed by atoms with Gasteiger partial charge in [0.2, 0.25) is 15.9 Å². The number of hydrogen-bond acceptors (Lipinski definition) is 4. The highest BCUT2D eigenvalue weighted by Crippen LogP contribution is 2.28. The largest absolute Gasteiger partial charge is 0.468 e. The number of benzene rings is 1. The third kappa shape index (κ3) is 3.59. The summed E-state index contributed by atoms with van der Waals surface area (Å²) in [5.74, 6) is -0.711. The molecule has 1 N–H and O–H groups in total. The van der Waals surface area contributed by atoms with Crippen LogP contribution in [0.25, 0.3) is 0 Å². The molecule has 0 saturated heterocycles. The van der Waals surface area contributed by atoms with E-state index in [2.05, 4.69) is 5.32 Å². The minimum atomic E-state index is -3.88. The molecule has 2 rings (SSSR count). The molecule has 1 aromatic heterocycles. The number of nitrogens with zero attached hydrogens (tertiary/aromatic N) is 1. The predicted molar refractivity (Wildman–Crippen MR) is 82.8 cm³/mol. The van der Waals surface area contributed by atoms with E-state index in [1.54, 1.807) is 19.1 Å². The summed E-state index contributed by atoms with van der Waals surface area (Å²) in [6.45, 7) is 2.89. The van der Waals surface area contributed by atoms with Crippen LogP contribution in [0.15, 0.2) is 45.9 Å². The third-order valence-corrected chi connectivity index (χ3v) is 5.35. The Balaban J connectivity index is 2.37. The number of amides is 1. The number of furan rings is 1. The molecule has 1 heterocycles. The van der Waals surface area contributed by atoms with Gasteiger partial charge < -0.3 is 9.73 Å². The van der Waals surface area contributed by atoms with Crippen molar-refractivity contribution >= 4 is 21.6 Å². The molecule has 0 bridgehead atoms. The van der Waals surface area contributed by atoms with Gasteiger partial charge in [0.25, 0.3) is 0 Å². The summed E-state index contributed by atoms with van der Waals surface area (Å²) in [6, 6.07) is 6.05. The number of hydrogen-bond donors (Lipinski definition) is 1. The summed E-state index contributed by atoms with van der Waals surface area (Å²) in [4.78, 5) is 11.0. The van der Waals surface area contributed by atoms with E-state index in [-0.39, 0.29) is 10.6 Å². The molecule has 0 spiro atoms. The predicted octanol–water partition coefficient (Wildman–Crippen LogP) is 2.76. The van der Waals surface area contributed by atoms with Gasteiger partial charge in [0.1, 0.15) is 11.6 Å². The molecule has 6 nitrogen and oxygen atoms in total. The lowest BCUT2D eigenvalue weighted by Crippen LogP contribution is -2.29.